The summed E-state index contributed by atoms with van der Waals surface area (Å²) in [5, 5.41) is 6.79. The Bertz CT molecular complexity index is 318. The lowest BCUT2D eigenvalue weighted by Crippen LogP contribution is -2.21. The fourth-order valence-electron chi connectivity index (χ4n) is 1.78. The van der Waals surface area contributed by atoms with Crippen LogP contribution in [0.1, 0.15) is 30.5 Å². The fourth-order valence-corrected chi connectivity index (χ4v) is 1.78. The first-order chi connectivity index (χ1) is 6.75. The van der Waals surface area contributed by atoms with Crippen molar-refractivity contribution in [2.75, 3.05) is 0 Å². The van der Waals surface area contributed by atoms with Crippen molar-refractivity contribution in [2.24, 2.45) is 0 Å². The van der Waals surface area contributed by atoms with Crippen LogP contribution < -0.4 is 10.6 Å². The summed E-state index contributed by atoms with van der Waals surface area (Å²) < 4.78 is 0. The van der Waals surface area contributed by atoms with E-state index in [0.717, 1.165) is 19.6 Å². The molecule has 14 heavy (non-hydrogen) atoms. The van der Waals surface area contributed by atoms with Gasteiger partial charge >= 0.3 is 0 Å². The minimum Gasteiger partial charge on any atom is -0.310 e. The molecule has 1 aliphatic heterocycles. The Labute approximate surface area is 85.7 Å². The molecule has 1 aromatic carbocycles. The number of nitrogens with one attached hydrogen (secondary N) is 2. The van der Waals surface area contributed by atoms with E-state index in [9.17, 15) is 0 Å². The van der Waals surface area contributed by atoms with E-state index >= 15 is 0 Å². The SMILES string of the molecule is CC(C)NCc1ccc2c(c1)CNC2. The van der Waals surface area contributed by atoms with Crippen LogP contribution in [0.3, 0.4) is 0 Å². The smallest absolute Gasteiger partial charge is 0.0212 e. The molecular formula is C12H18N2. The lowest BCUT2D eigenvalue weighted by atomic mass is 10.1. The lowest BCUT2D eigenvalue weighted by molar-refractivity contribution is 0.588. The minimum absolute atomic E-state index is 0.557. The number of rotatable bonds is 3. The van der Waals surface area contributed by atoms with Gasteiger partial charge in [-0.1, -0.05) is 32.0 Å². The molecule has 2 nitrogen and oxygen atoms in total. The van der Waals surface area contributed by atoms with E-state index in [-0.39, 0.29) is 0 Å². The molecular weight excluding hydrogens is 172 g/mol. The van der Waals surface area contributed by atoms with Gasteiger partial charge in [-0.2, -0.15) is 0 Å². The van der Waals surface area contributed by atoms with E-state index in [0.29, 0.717) is 6.04 Å². The zero-order valence-electron chi connectivity index (χ0n) is 8.93. The van der Waals surface area contributed by atoms with Crippen LogP contribution in [0.2, 0.25) is 0 Å². The summed E-state index contributed by atoms with van der Waals surface area (Å²) in [5.41, 5.74) is 4.31. The van der Waals surface area contributed by atoms with Crippen LogP contribution in [-0.4, -0.2) is 6.04 Å². The van der Waals surface area contributed by atoms with Crippen molar-refractivity contribution in [2.45, 2.75) is 39.5 Å². The molecule has 0 spiro atoms. The lowest BCUT2D eigenvalue weighted by Gasteiger charge is -2.09. The molecule has 0 unspecified atom stereocenters. The van der Waals surface area contributed by atoms with Crippen LogP contribution >= 0.6 is 0 Å². The molecule has 1 aliphatic rings. The monoisotopic (exact) mass is 190 g/mol. The molecule has 0 aromatic heterocycles. The van der Waals surface area contributed by atoms with Crippen molar-refractivity contribution in [3.63, 3.8) is 0 Å². The minimum atomic E-state index is 0.557. The third-order valence-electron chi connectivity index (χ3n) is 2.62. The van der Waals surface area contributed by atoms with E-state index in [2.05, 4.69) is 42.7 Å². The Balaban J connectivity index is 2.05. The number of hydrogen-bond donors (Lipinski definition) is 2. The van der Waals surface area contributed by atoms with Gasteiger partial charge < -0.3 is 10.6 Å². The molecule has 1 aromatic rings. The average Bonchev–Trinajstić information content (AvgIpc) is 2.61. The predicted molar refractivity (Wildman–Crippen MR) is 59.0 cm³/mol. The summed E-state index contributed by atoms with van der Waals surface area (Å²) in [6.07, 6.45) is 0. The quantitative estimate of drug-likeness (QED) is 0.759. The van der Waals surface area contributed by atoms with Gasteiger partial charge in [-0.15, -0.1) is 0 Å². The highest BCUT2D eigenvalue weighted by Crippen LogP contribution is 2.16. The molecule has 0 aliphatic carbocycles. The van der Waals surface area contributed by atoms with Gasteiger partial charge in [0.2, 0.25) is 0 Å². The molecule has 0 amide bonds. The van der Waals surface area contributed by atoms with Crippen LogP contribution in [0.15, 0.2) is 18.2 Å². The van der Waals surface area contributed by atoms with Crippen LogP contribution in [0.4, 0.5) is 0 Å². The topological polar surface area (TPSA) is 24.1 Å². The van der Waals surface area contributed by atoms with Crippen molar-refractivity contribution in [1.29, 1.82) is 0 Å². The first-order valence-electron chi connectivity index (χ1n) is 5.30. The van der Waals surface area contributed by atoms with E-state index in [1.54, 1.807) is 0 Å². The summed E-state index contributed by atoms with van der Waals surface area (Å²) in [5.74, 6) is 0. The number of fused-ring (bicyclic) bond motifs is 1. The van der Waals surface area contributed by atoms with Crippen LogP contribution in [-0.2, 0) is 19.6 Å². The molecule has 76 valence electrons. The van der Waals surface area contributed by atoms with Crippen molar-refractivity contribution < 1.29 is 0 Å². The van der Waals surface area contributed by atoms with Crippen LogP contribution in [0, 0.1) is 0 Å². The molecule has 2 rings (SSSR count). The second-order valence-electron chi connectivity index (χ2n) is 4.24. The maximum absolute atomic E-state index is 3.43. The van der Waals surface area contributed by atoms with Gasteiger partial charge in [0.15, 0.2) is 0 Å². The third-order valence-corrected chi connectivity index (χ3v) is 2.62. The van der Waals surface area contributed by atoms with Gasteiger partial charge in [-0.3, -0.25) is 0 Å². The number of benzene rings is 1. The number of hydrogen-bond acceptors (Lipinski definition) is 2. The summed E-state index contributed by atoms with van der Waals surface area (Å²) in [7, 11) is 0. The Morgan fingerprint density at radius 3 is 2.86 bits per heavy atom. The normalized spacial score (nSPS) is 14.8. The second-order valence-corrected chi connectivity index (χ2v) is 4.24. The molecule has 0 radical (unpaired) electrons. The molecule has 0 bridgehead atoms. The molecule has 1 heterocycles. The standard InChI is InChI=1S/C12H18N2/c1-9(2)14-6-10-3-4-11-7-13-8-12(11)5-10/h3-5,9,13-14H,6-8H2,1-2H3. The van der Waals surface area contributed by atoms with Crippen molar-refractivity contribution in [3.8, 4) is 0 Å². The maximum Gasteiger partial charge on any atom is 0.0212 e. The van der Waals surface area contributed by atoms with Crippen molar-refractivity contribution >= 4 is 0 Å². The average molecular weight is 190 g/mol. The molecule has 0 atom stereocenters. The van der Waals surface area contributed by atoms with Gasteiger partial charge in [-0.25, -0.2) is 0 Å². The Hall–Kier alpha value is -0.860. The Morgan fingerprint density at radius 2 is 2.07 bits per heavy atom. The molecule has 2 heteroatoms. The van der Waals surface area contributed by atoms with Gasteiger partial charge in [0.1, 0.15) is 0 Å². The van der Waals surface area contributed by atoms with Crippen molar-refractivity contribution in [1.82, 2.24) is 10.6 Å². The summed E-state index contributed by atoms with van der Waals surface area (Å²) in [6.45, 7) is 7.40. The maximum atomic E-state index is 3.43. The molecule has 0 saturated heterocycles. The van der Waals surface area contributed by atoms with E-state index in [4.69, 9.17) is 0 Å². The summed E-state index contributed by atoms with van der Waals surface area (Å²) in [6, 6.07) is 7.33. The largest absolute Gasteiger partial charge is 0.310 e. The zero-order valence-corrected chi connectivity index (χ0v) is 8.93. The summed E-state index contributed by atoms with van der Waals surface area (Å²) in [4.78, 5) is 0. The zero-order chi connectivity index (χ0) is 9.97. The van der Waals surface area contributed by atoms with E-state index in [1.165, 1.54) is 16.7 Å². The highest BCUT2D eigenvalue weighted by Gasteiger charge is 2.09. The predicted octanol–water partition coefficient (Wildman–Crippen LogP) is 1.79. The van der Waals surface area contributed by atoms with Gasteiger partial charge in [-0.05, 0) is 16.7 Å². The highest BCUT2D eigenvalue weighted by atomic mass is 14.9. The third kappa shape index (κ3) is 2.14. The van der Waals surface area contributed by atoms with Crippen LogP contribution in [0.25, 0.3) is 0 Å². The van der Waals surface area contributed by atoms with Gasteiger partial charge in [0.05, 0.1) is 0 Å². The van der Waals surface area contributed by atoms with Crippen LogP contribution in [0.5, 0.6) is 0 Å². The van der Waals surface area contributed by atoms with Crippen molar-refractivity contribution in [3.05, 3.63) is 34.9 Å². The fraction of sp³-hybridized carbons (Fsp3) is 0.500. The first-order valence-corrected chi connectivity index (χ1v) is 5.30. The molecule has 0 fully saturated rings. The molecule has 0 saturated carbocycles. The highest BCUT2D eigenvalue weighted by molar-refractivity contribution is 5.34. The van der Waals surface area contributed by atoms with Gasteiger partial charge in [0, 0.05) is 25.7 Å². The Kier molecular flexibility index (Phi) is 2.85. The summed E-state index contributed by atoms with van der Waals surface area (Å²) >= 11 is 0. The second kappa shape index (κ2) is 4.11. The van der Waals surface area contributed by atoms with E-state index < -0.39 is 0 Å². The van der Waals surface area contributed by atoms with Gasteiger partial charge in [0.25, 0.3) is 0 Å². The Morgan fingerprint density at radius 1 is 1.29 bits per heavy atom. The van der Waals surface area contributed by atoms with E-state index in [1.807, 2.05) is 0 Å². The first kappa shape index (κ1) is 9.69. The molecule has 2 N–H and O–H groups in total.